The summed E-state index contributed by atoms with van der Waals surface area (Å²) in [5.41, 5.74) is 1.51. The van der Waals surface area contributed by atoms with Crippen LogP contribution in [0.25, 0.3) is 10.2 Å². The Morgan fingerprint density at radius 1 is 1.50 bits per heavy atom. The van der Waals surface area contributed by atoms with Gasteiger partial charge in [0.15, 0.2) is 10.5 Å². The molecule has 0 saturated heterocycles. The zero-order valence-corrected chi connectivity index (χ0v) is 14.1. The van der Waals surface area contributed by atoms with Crippen molar-refractivity contribution in [2.75, 3.05) is 0 Å². The number of carbonyl (C=O) groups excluding carboxylic acids is 1. The average molecular weight is 342 g/mol. The van der Waals surface area contributed by atoms with Crippen molar-refractivity contribution < 1.29 is 9.18 Å². The van der Waals surface area contributed by atoms with Crippen LogP contribution < -0.4 is 4.80 Å². The van der Waals surface area contributed by atoms with E-state index in [1.54, 1.807) is 22.9 Å². The minimum atomic E-state index is -0.469. The van der Waals surface area contributed by atoms with Crippen molar-refractivity contribution in [2.45, 2.75) is 26.9 Å². The lowest BCUT2D eigenvalue weighted by atomic mass is 10.3. The number of aryl methyl sites for hydroxylation is 2. The predicted octanol–water partition coefficient (Wildman–Crippen LogP) is 2.74. The molecule has 0 bridgehead atoms. The van der Waals surface area contributed by atoms with Crippen LogP contribution in [0.4, 0.5) is 4.39 Å². The lowest BCUT2D eigenvalue weighted by Gasteiger charge is -2.00. The summed E-state index contributed by atoms with van der Waals surface area (Å²) in [7, 11) is 0. The Hall–Kier alpha value is -2.72. The summed E-state index contributed by atoms with van der Waals surface area (Å²) in [5.74, 6) is 1.62. The van der Waals surface area contributed by atoms with Gasteiger partial charge in [-0.15, -0.1) is 6.42 Å². The molecule has 3 aromatic rings. The maximum Gasteiger partial charge on any atom is 0.300 e. The number of fused-ring (bicyclic) bond motifs is 1. The number of rotatable bonds is 3. The molecular weight excluding hydrogens is 327 g/mol. The van der Waals surface area contributed by atoms with Gasteiger partial charge in [-0.05, 0) is 32.0 Å². The van der Waals surface area contributed by atoms with E-state index in [1.165, 1.54) is 22.0 Å². The summed E-state index contributed by atoms with van der Waals surface area (Å²) < 4.78 is 18.1. The first-order valence-corrected chi connectivity index (χ1v) is 8.21. The molecule has 0 radical (unpaired) electrons. The summed E-state index contributed by atoms with van der Waals surface area (Å²) in [6.07, 6.45) is 5.38. The number of nitrogens with zero attached hydrogens (tertiary/aromatic N) is 4. The topological polar surface area (TPSA) is 52.2 Å². The Labute approximate surface area is 142 Å². The van der Waals surface area contributed by atoms with Crippen molar-refractivity contribution in [2.24, 2.45) is 4.99 Å². The van der Waals surface area contributed by atoms with Gasteiger partial charge in [-0.2, -0.15) is 10.1 Å². The van der Waals surface area contributed by atoms with Crippen LogP contribution in [0.5, 0.6) is 0 Å². The van der Waals surface area contributed by atoms with Crippen molar-refractivity contribution in [1.29, 1.82) is 0 Å². The fraction of sp³-hybridized carbons (Fsp3) is 0.235. The third kappa shape index (κ3) is 2.76. The summed E-state index contributed by atoms with van der Waals surface area (Å²) in [4.78, 5) is 16.9. The zero-order valence-electron chi connectivity index (χ0n) is 13.3. The standard InChI is InChI=1S/C17H15FN4OS/c1-4-9-21-15-12(18)7-6-8-14(15)24-17(21)19-16(23)13-10-11(3)22(5-2)20-13/h1,6-8,10H,5,9H2,2-3H3. The molecule has 0 fully saturated rings. The molecule has 0 N–H and O–H groups in total. The van der Waals surface area contributed by atoms with Crippen LogP contribution in [0.1, 0.15) is 23.1 Å². The fourth-order valence-corrected chi connectivity index (χ4v) is 3.53. The largest absolute Gasteiger partial charge is 0.302 e. The van der Waals surface area contributed by atoms with Gasteiger partial charge in [0.1, 0.15) is 5.82 Å². The van der Waals surface area contributed by atoms with E-state index in [0.717, 1.165) is 5.69 Å². The number of carbonyl (C=O) groups is 1. The van der Waals surface area contributed by atoms with Gasteiger partial charge in [0, 0.05) is 12.2 Å². The Morgan fingerprint density at radius 3 is 2.96 bits per heavy atom. The Morgan fingerprint density at radius 2 is 2.29 bits per heavy atom. The van der Waals surface area contributed by atoms with Crippen LogP contribution in [0.15, 0.2) is 29.3 Å². The van der Waals surface area contributed by atoms with Crippen LogP contribution in [-0.2, 0) is 13.1 Å². The smallest absolute Gasteiger partial charge is 0.300 e. The van der Waals surface area contributed by atoms with Crippen molar-refractivity contribution in [3.8, 4) is 12.3 Å². The second kappa shape index (κ2) is 6.42. The number of thiazole rings is 1. The lowest BCUT2D eigenvalue weighted by Crippen LogP contribution is -2.17. The Balaban J connectivity index is 2.15. The van der Waals surface area contributed by atoms with Crippen molar-refractivity contribution in [3.63, 3.8) is 0 Å². The molecule has 0 saturated carbocycles. The highest BCUT2D eigenvalue weighted by Gasteiger charge is 2.14. The predicted molar refractivity (Wildman–Crippen MR) is 91.1 cm³/mol. The van der Waals surface area contributed by atoms with E-state index in [4.69, 9.17) is 6.42 Å². The van der Waals surface area contributed by atoms with Gasteiger partial charge in [-0.25, -0.2) is 4.39 Å². The van der Waals surface area contributed by atoms with Crippen molar-refractivity contribution >= 4 is 27.5 Å². The summed E-state index contributed by atoms with van der Waals surface area (Å²) in [5, 5.41) is 4.23. The summed E-state index contributed by atoms with van der Waals surface area (Å²) in [6, 6.07) is 6.44. The Bertz CT molecular complexity index is 1040. The van der Waals surface area contributed by atoms with Crippen LogP contribution in [0, 0.1) is 25.1 Å². The first kappa shape index (κ1) is 16.1. The maximum atomic E-state index is 14.1. The van der Waals surface area contributed by atoms with Crippen LogP contribution in [-0.4, -0.2) is 20.3 Å². The van der Waals surface area contributed by atoms with Crippen LogP contribution in [0.2, 0.25) is 0 Å². The number of halogens is 1. The SMILES string of the molecule is C#CCn1c(=NC(=O)c2cc(C)n(CC)n2)sc2cccc(F)c21. The van der Waals surface area contributed by atoms with Crippen molar-refractivity contribution in [3.05, 3.63) is 46.3 Å². The van der Waals surface area contributed by atoms with Gasteiger partial charge < -0.3 is 4.57 Å². The van der Waals surface area contributed by atoms with E-state index < -0.39 is 5.91 Å². The number of para-hydroxylation sites is 1. The van der Waals surface area contributed by atoms with E-state index >= 15 is 0 Å². The van der Waals surface area contributed by atoms with Gasteiger partial charge >= 0.3 is 0 Å². The highest BCUT2D eigenvalue weighted by molar-refractivity contribution is 7.16. The molecule has 122 valence electrons. The second-order valence-electron chi connectivity index (χ2n) is 5.17. The molecule has 0 aliphatic rings. The van der Waals surface area contributed by atoms with Gasteiger partial charge in [0.25, 0.3) is 5.91 Å². The van der Waals surface area contributed by atoms with Gasteiger partial charge in [-0.1, -0.05) is 23.3 Å². The molecule has 1 aromatic carbocycles. The van der Waals surface area contributed by atoms with Gasteiger partial charge in [-0.3, -0.25) is 9.48 Å². The Kier molecular flexibility index (Phi) is 4.32. The molecule has 0 unspecified atom stereocenters. The van der Waals surface area contributed by atoms with Crippen LogP contribution >= 0.6 is 11.3 Å². The number of benzene rings is 1. The maximum absolute atomic E-state index is 14.1. The molecule has 0 aliphatic carbocycles. The number of amides is 1. The zero-order chi connectivity index (χ0) is 17.3. The minimum Gasteiger partial charge on any atom is -0.302 e. The van der Waals surface area contributed by atoms with E-state index in [2.05, 4.69) is 16.0 Å². The highest BCUT2D eigenvalue weighted by atomic mass is 32.1. The molecule has 2 aromatic heterocycles. The molecule has 5 nitrogen and oxygen atoms in total. The number of aromatic nitrogens is 3. The van der Waals surface area contributed by atoms with Crippen molar-refractivity contribution in [1.82, 2.24) is 14.3 Å². The van der Waals surface area contributed by atoms with E-state index in [1.807, 2.05) is 13.8 Å². The molecule has 0 aliphatic heterocycles. The van der Waals surface area contributed by atoms with Crippen LogP contribution in [0.3, 0.4) is 0 Å². The molecule has 1 amide bonds. The van der Waals surface area contributed by atoms with E-state index in [9.17, 15) is 9.18 Å². The molecule has 24 heavy (non-hydrogen) atoms. The molecule has 2 heterocycles. The van der Waals surface area contributed by atoms with Gasteiger partial charge in [0.05, 0.1) is 16.8 Å². The number of hydrogen-bond donors (Lipinski definition) is 0. The summed E-state index contributed by atoms with van der Waals surface area (Å²) in [6.45, 7) is 4.63. The third-order valence-corrected chi connectivity index (χ3v) is 4.64. The van der Waals surface area contributed by atoms with Gasteiger partial charge in [0.2, 0.25) is 0 Å². The average Bonchev–Trinajstić information content (AvgIpc) is 3.09. The highest BCUT2D eigenvalue weighted by Crippen LogP contribution is 2.20. The first-order valence-electron chi connectivity index (χ1n) is 7.40. The minimum absolute atomic E-state index is 0.134. The molecule has 0 atom stereocenters. The summed E-state index contributed by atoms with van der Waals surface area (Å²) >= 11 is 1.22. The lowest BCUT2D eigenvalue weighted by molar-refractivity contribution is 0.0992. The number of hydrogen-bond acceptors (Lipinski definition) is 3. The quantitative estimate of drug-likeness (QED) is 0.687. The third-order valence-electron chi connectivity index (χ3n) is 3.60. The monoisotopic (exact) mass is 342 g/mol. The first-order chi connectivity index (χ1) is 11.5. The van der Waals surface area contributed by atoms with E-state index in [-0.39, 0.29) is 18.1 Å². The second-order valence-corrected chi connectivity index (χ2v) is 6.17. The molecule has 3 rings (SSSR count). The fourth-order valence-electron chi connectivity index (χ4n) is 2.49. The molecule has 0 spiro atoms. The van der Waals surface area contributed by atoms with E-state index in [0.29, 0.717) is 21.6 Å². The normalized spacial score (nSPS) is 11.8. The molecule has 7 heteroatoms. The molecular formula is C17H15FN4OS. The number of terminal acetylenes is 1.